The van der Waals surface area contributed by atoms with E-state index in [1.54, 1.807) is 18.2 Å². The Labute approximate surface area is 154 Å². The third-order valence-electron chi connectivity index (χ3n) is 4.00. The molecule has 0 saturated heterocycles. The van der Waals surface area contributed by atoms with Gasteiger partial charge in [-0.2, -0.15) is 5.26 Å². The van der Waals surface area contributed by atoms with E-state index >= 15 is 0 Å². The van der Waals surface area contributed by atoms with Crippen LogP contribution in [-0.2, 0) is 11.2 Å². The van der Waals surface area contributed by atoms with Crippen LogP contribution < -0.4 is 14.8 Å². The van der Waals surface area contributed by atoms with Crippen molar-refractivity contribution in [1.29, 1.82) is 5.26 Å². The SMILES string of the molecule is CCc1ccc(NC(=O)/C(C#N)=C\c2cc3c(cc2[N+](=O)[O-])OCO3)cc1. The number of aryl methyl sites for hydroxylation is 1. The molecular formula is C19H15N3O5. The molecule has 2 aromatic rings. The average Bonchev–Trinajstić information content (AvgIpc) is 3.13. The summed E-state index contributed by atoms with van der Waals surface area (Å²) >= 11 is 0. The lowest BCUT2D eigenvalue weighted by Gasteiger charge is -2.06. The zero-order valence-electron chi connectivity index (χ0n) is 14.4. The second-order valence-corrected chi connectivity index (χ2v) is 5.70. The Morgan fingerprint density at radius 1 is 1.30 bits per heavy atom. The summed E-state index contributed by atoms with van der Waals surface area (Å²) in [5.74, 6) is -0.0914. The molecule has 0 aromatic heterocycles. The molecule has 0 spiro atoms. The van der Waals surface area contributed by atoms with Gasteiger partial charge in [0.1, 0.15) is 11.6 Å². The first kappa shape index (κ1) is 17.9. The number of carbonyl (C=O) groups excluding carboxylic acids is 1. The van der Waals surface area contributed by atoms with E-state index in [1.165, 1.54) is 12.1 Å². The van der Waals surface area contributed by atoms with E-state index in [2.05, 4.69) is 5.32 Å². The van der Waals surface area contributed by atoms with Crippen LogP contribution in [-0.4, -0.2) is 17.6 Å². The van der Waals surface area contributed by atoms with Gasteiger partial charge in [0.15, 0.2) is 11.5 Å². The molecule has 0 bridgehead atoms. The highest BCUT2D eigenvalue weighted by molar-refractivity contribution is 6.10. The Bertz CT molecular complexity index is 974. The van der Waals surface area contributed by atoms with E-state index in [0.29, 0.717) is 11.4 Å². The summed E-state index contributed by atoms with van der Waals surface area (Å²) in [4.78, 5) is 23.1. The van der Waals surface area contributed by atoms with Crippen molar-refractivity contribution in [2.24, 2.45) is 0 Å². The van der Waals surface area contributed by atoms with Crippen LogP contribution in [0.1, 0.15) is 18.1 Å². The fourth-order valence-corrected chi connectivity index (χ4v) is 2.55. The molecule has 27 heavy (non-hydrogen) atoms. The van der Waals surface area contributed by atoms with Crippen LogP contribution >= 0.6 is 0 Å². The average molecular weight is 365 g/mol. The summed E-state index contributed by atoms with van der Waals surface area (Å²) in [6, 6.07) is 11.6. The van der Waals surface area contributed by atoms with Gasteiger partial charge in [0.05, 0.1) is 16.6 Å². The minimum atomic E-state index is -0.659. The molecule has 1 aliphatic heterocycles. The number of nitrogens with zero attached hydrogens (tertiary/aromatic N) is 2. The number of hydrogen-bond donors (Lipinski definition) is 1. The van der Waals surface area contributed by atoms with Gasteiger partial charge in [0.25, 0.3) is 11.6 Å². The first-order valence-corrected chi connectivity index (χ1v) is 8.12. The van der Waals surface area contributed by atoms with Crippen molar-refractivity contribution in [2.75, 3.05) is 12.1 Å². The van der Waals surface area contributed by atoms with Gasteiger partial charge >= 0.3 is 0 Å². The van der Waals surface area contributed by atoms with E-state index < -0.39 is 10.8 Å². The van der Waals surface area contributed by atoms with Crippen LogP contribution in [0, 0.1) is 21.4 Å². The number of anilines is 1. The zero-order valence-corrected chi connectivity index (χ0v) is 14.4. The lowest BCUT2D eigenvalue weighted by molar-refractivity contribution is -0.385. The van der Waals surface area contributed by atoms with Crippen LogP contribution in [0.3, 0.4) is 0 Å². The number of fused-ring (bicyclic) bond motifs is 1. The Morgan fingerprint density at radius 3 is 2.56 bits per heavy atom. The molecule has 0 saturated carbocycles. The van der Waals surface area contributed by atoms with Crippen LogP contribution in [0.4, 0.5) is 11.4 Å². The normalized spacial score (nSPS) is 12.4. The number of nitro groups is 1. The first-order valence-electron chi connectivity index (χ1n) is 8.12. The van der Waals surface area contributed by atoms with Crippen molar-refractivity contribution in [3.63, 3.8) is 0 Å². The largest absolute Gasteiger partial charge is 0.454 e. The number of nitrogens with one attached hydrogen (secondary N) is 1. The third kappa shape index (κ3) is 3.88. The van der Waals surface area contributed by atoms with E-state index in [0.717, 1.165) is 18.1 Å². The van der Waals surface area contributed by atoms with Gasteiger partial charge in [-0.25, -0.2) is 0 Å². The number of carbonyl (C=O) groups is 1. The molecule has 8 heteroatoms. The minimum absolute atomic E-state index is 0.0427. The molecule has 0 aliphatic carbocycles. The van der Waals surface area contributed by atoms with E-state index in [1.807, 2.05) is 19.1 Å². The number of rotatable bonds is 5. The van der Waals surface area contributed by atoms with Crippen molar-refractivity contribution in [3.05, 3.63) is 63.2 Å². The highest BCUT2D eigenvalue weighted by Crippen LogP contribution is 2.38. The molecule has 1 aliphatic rings. The summed E-state index contributed by atoms with van der Waals surface area (Å²) in [6.07, 6.45) is 2.03. The van der Waals surface area contributed by atoms with Gasteiger partial charge in [-0.3, -0.25) is 14.9 Å². The van der Waals surface area contributed by atoms with Crippen LogP contribution in [0.2, 0.25) is 0 Å². The first-order chi connectivity index (χ1) is 13.0. The molecule has 136 valence electrons. The molecule has 3 rings (SSSR count). The number of amides is 1. The molecule has 1 amide bonds. The molecular weight excluding hydrogens is 350 g/mol. The number of benzene rings is 2. The lowest BCUT2D eigenvalue weighted by atomic mass is 10.1. The Hall–Kier alpha value is -3.86. The number of ether oxygens (including phenoxy) is 2. The molecule has 1 N–H and O–H groups in total. The second-order valence-electron chi connectivity index (χ2n) is 5.70. The lowest BCUT2D eigenvalue weighted by Crippen LogP contribution is -2.13. The maximum Gasteiger partial charge on any atom is 0.280 e. The van der Waals surface area contributed by atoms with E-state index in [-0.39, 0.29) is 29.4 Å². The standard InChI is InChI=1S/C19H15N3O5/c1-2-12-3-5-15(6-4-12)21-19(23)14(10-20)7-13-8-17-18(27-11-26-17)9-16(13)22(24)25/h3-9H,2,11H2,1H3,(H,21,23)/b14-7-. The van der Waals surface area contributed by atoms with Crippen molar-refractivity contribution in [3.8, 4) is 17.6 Å². The van der Waals surface area contributed by atoms with Crippen molar-refractivity contribution in [1.82, 2.24) is 0 Å². The smallest absolute Gasteiger partial charge is 0.280 e. The van der Waals surface area contributed by atoms with Gasteiger partial charge < -0.3 is 14.8 Å². The minimum Gasteiger partial charge on any atom is -0.454 e. The predicted molar refractivity (Wildman–Crippen MR) is 97.3 cm³/mol. The summed E-state index contributed by atoms with van der Waals surface area (Å²) in [5, 5.41) is 23.3. The summed E-state index contributed by atoms with van der Waals surface area (Å²) < 4.78 is 10.3. The quantitative estimate of drug-likeness (QED) is 0.376. The van der Waals surface area contributed by atoms with Crippen LogP contribution in [0.15, 0.2) is 42.0 Å². The van der Waals surface area contributed by atoms with Crippen molar-refractivity contribution >= 4 is 23.4 Å². The zero-order chi connectivity index (χ0) is 19.4. The second kappa shape index (κ2) is 7.58. The molecule has 0 fully saturated rings. The summed E-state index contributed by atoms with van der Waals surface area (Å²) in [7, 11) is 0. The number of nitriles is 1. The van der Waals surface area contributed by atoms with Gasteiger partial charge in [-0.1, -0.05) is 19.1 Å². The third-order valence-corrected chi connectivity index (χ3v) is 4.00. The van der Waals surface area contributed by atoms with Crippen LogP contribution in [0.25, 0.3) is 6.08 Å². The van der Waals surface area contributed by atoms with Gasteiger partial charge in [0, 0.05) is 5.69 Å². The summed E-state index contributed by atoms with van der Waals surface area (Å²) in [6.45, 7) is 1.97. The number of hydrogen-bond acceptors (Lipinski definition) is 6. The van der Waals surface area contributed by atoms with Crippen LogP contribution in [0.5, 0.6) is 11.5 Å². The Kier molecular flexibility index (Phi) is 5.04. The van der Waals surface area contributed by atoms with E-state index in [4.69, 9.17) is 9.47 Å². The predicted octanol–water partition coefficient (Wildman–Crippen LogP) is 3.43. The van der Waals surface area contributed by atoms with Crippen molar-refractivity contribution < 1.29 is 19.2 Å². The summed E-state index contributed by atoms with van der Waals surface area (Å²) in [5.41, 5.74) is 1.17. The van der Waals surface area contributed by atoms with Gasteiger partial charge in [-0.05, 0) is 36.3 Å². The molecule has 0 radical (unpaired) electrons. The van der Waals surface area contributed by atoms with Crippen molar-refractivity contribution in [2.45, 2.75) is 13.3 Å². The molecule has 0 unspecified atom stereocenters. The highest BCUT2D eigenvalue weighted by Gasteiger charge is 2.23. The maximum atomic E-state index is 12.4. The van der Waals surface area contributed by atoms with Gasteiger partial charge in [-0.15, -0.1) is 0 Å². The van der Waals surface area contributed by atoms with E-state index in [9.17, 15) is 20.2 Å². The molecule has 1 heterocycles. The number of nitro benzene ring substituents is 1. The molecule has 0 atom stereocenters. The fraction of sp³-hybridized carbons (Fsp3) is 0.158. The van der Waals surface area contributed by atoms with Gasteiger partial charge in [0.2, 0.25) is 6.79 Å². The molecule has 2 aromatic carbocycles. The Balaban J connectivity index is 1.90. The maximum absolute atomic E-state index is 12.4. The monoisotopic (exact) mass is 365 g/mol. The topological polar surface area (TPSA) is 114 Å². The fourth-order valence-electron chi connectivity index (χ4n) is 2.55. The Morgan fingerprint density at radius 2 is 1.96 bits per heavy atom. The molecule has 8 nitrogen and oxygen atoms in total. The highest BCUT2D eigenvalue weighted by atomic mass is 16.7.